The zero-order chi connectivity index (χ0) is 16.4. The van der Waals surface area contributed by atoms with Gasteiger partial charge in [0.25, 0.3) is 0 Å². The van der Waals surface area contributed by atoms with Gasteiger partial charge in [0.2, 0.25) is 5.89 Å². The van der Waals surface area contributed by atoms with E-state index in [1.54, 1.807) is 20.1 Å². The van der Waals surface area contributed by atoms with E-state index in [4.69, 9.17) is 9.26 Å². The number of rotatable bonds is 4. The van der Waals surface area contributed by atoms with Gasteiger partial charge in [0.05, 0.1) is 23.8 Å². The number of benzene rings is 1. The molecule has 6 nitrogen and oxygen atoms in total. The molecule has 0 bridgehead atoms. The second kappa shape index (κ2) is 6.44. The number of nitrogens with zero attached hydrogens (tertiary/aromatic N) is 4. The van der Waals surface area contributed by atoms with Crippen molar-refractivity contribution in [2.24, 2.45) is 0 Å². The van der Waals surface area contributed by atoms with Crippen molar-refractivity contribution in [3.05, 3.63) is 46.9 Å². The summed E-state index contributed by atoms with van der Waals surface area (Å²) in [5.74, 6) is 0.716. The molecule has 1 aromatic carbocycles. The van der Waals surface area contributed by atoms with Gasteiger partial charge in [-0.25, -0.2) is 4.39 Å². The molecule has 2 aromatic rings. The molecule has 1 aliphatic heterocycles. The smallest absolute Gasteiger partial charge is 0.244 e. The summed E-state index contributed by atoms with van der Waals surface area (Å²) in [5.41, 5.74) is 1.11. The normalized spacial score (nSPS) is 21.5. The average Bonchev–Trinajstić information content (AvgIpc) is 3.15. The van der Waals surface area contributed by atoms with Crippen LogP contribution < -0.4 is 0 Å². The van der Waals surface area contributed by atoms with Gasteiger partial charge in [-0.3, -0.25) is 4.90 Å². The van der Waals surface area contributed by atoms with Crippen LogP contribution in [0, 0.1) is 24.1 Å². The summed E-state index contributed by atoms with van der Waals surface area (Å²) in [6, 6.07) is 6.24. The Kier molecular flexibility index (Phi) is 4.37. The van der Waals surface area contributed by atoms with Crippen LogP contribution in [0.2, 0.25) is 0 Å². The van der Waals surface area contributed by atoms with Gasteiger partial charge in [0.1, 0.15) is 5.82 Å². The van der Waals surface area contributed by atoms with E-state index in [-0.39, 0.29) is 12.1 Å². The Morgan fingerprint density at radius 1 is 1.52 bits per heavy atom. The van der Waals surface area contributed by atoms with Crippen molar-refractivity contribution < 1.29 is 13.7 Å². The van der Waals surface area contributed by atoms with Crippen LogP contribution in [-0.4, -0.2) is 34.8 Å². The Bertz CT molecular complexity index is 740. The van der Waals surface area contributed by atoms with E-state index in [0.717, 1.165) is 12.0 Å². The molecular formula is C16H17FN4O2. The number of nitriles is 1. The molecule has 23 heavy (non-hydrogen) atoms. The highest BCUT2D eigenvalue weighted by molar-refractivity contribution is 5.38. The lowest BCUT2D eigenvalue weighted by molar-refractivity contribution is 0.107. The molecule has 0 radical (unpaired) electrons. The molecule has 0 unspecified atom stereocenters. The van der Waals surface area contributed by atoms with Crippen molar-refractivity contribution in [3.63, 3.8) is 0 Å². The number of aryl methyl sites for hydroxylation is 1. The molecule has 0 amide bonds. The summed E-state index contributed by atoms with van der Waals surface area (Å²) in [5, 5.41) is 13.0. The predicted molar refractivity (Wildman–Crippen MR) is 78.7 cm³/mol. The fraction of sp³-hybridized carbons (Fsp3) is 0.438. The zero-order valence-electron chi connectivity index (χ0n) is 13.0. The number of hydrogen-bond acceptors (Lipinski definition) is 6. The second-order valence-corrected chi connectivity index (χ2v) is 5.63. The van der Waals surface area contributed by atoms with Crippen LogP contribution in [0.4, 0.5) is 4.39 Å². The Morgan fingerprint density at radius 3 is 3.00 bits per heavy atom. The first-order valence-corrected chi connectivity index (χ1v) is 7.36. The number of methoxy groups -OCH3 is 1. The topological polar surface area (TPSA) is 75.2 Å². The lowest BCUT2D eigenvalue weighted by atomic mass is 10.1. The molecule has 120 valence electrons. The van der Waals surface area contributed by atoms with Crippen LogP contribution in [0.3, 0.4) is 0 Å². The summed E-state index contributed by atoms with van der Waals surface area (Å²) in [7, 11) is 1.67. The molecule has 2 atom stereocenters. The Morgan fingerprint density at radius 2 is 2.35 bits per heavy atom. The van der Waals surface area contributed by atoms with Gasteiger partial charge in [-0.05, 0) is 31.0 Å². The zero-order valence-corrected chi connectivity index (χ0v) is 13.0. The van der Waals surface area contributed by atoms with Gasteiger partial charge in [0.15, 0.2) is 5.82 Å². The summed E-state index contributed by atoms with van der Waals surface area (Å²) in [6.45, 7) is 2.95. The van der Waals surface area contributed by atoms with Crippen molar-refractivity contribution in [1.82, 2.24) is 15.0 Å². The van der Waals surface area contributed by atoms with Gasteiger partial charge < -0.3 is 9.26 Å². The van der Waals surface area contributed by atoms with E-state index in [2.05, 4.69) is 15.0 Å². The van der Waals surface area contributed by atoms with E-state index in [1.165, 1.54) is 12.1 Å². The van der Waals surface area contributed by atoms with Gasteiger partial charge in [-0.1, -0.05) is 11.2 Å². The van der Waals surface area contributed by atoms with Crippen molar-refractivity contribution >= 4 is 0 Å². The highest BCUT2D eigenvalue weighted by atomic mass is 19.1. The monoisotopic (exact) mass is 316 g/mol. The van der Waals surface area contributed by atoms with Crippen molar-refractivity contribution in [1.29, 1.82) is 5.26 Å². The number of ether oxygens (including phenoxy) is 1. The fourth-order valence-electron chi connectivity index (χ4n) is 2.92. The van der Waals surface area contributed by atoms with Crippen LogP contribution in [0.1, 0.15) is 35.3 Å². The van der Waals surface area contributed by atoms with Gasteiger partial charge in [-0.15, -0.1) is 0 Å². The number of aromatic nitrogens is 2. The highest BCUT2D eigenvalue weighted by Gasteiger charge is 2.36. The average molecular weight is 316 g/mol. The maximum absolute atomic E-state index is 13.3. The lowest BCUT2D eigenvalue weighted by Crippen LogP contribution is -2.25. The SMILES string of the molecule is CO[C@@H]1C[C@H](c2nc(C)no2)N(Cc2ccc(F)cc2C#N)C1. The minimum absolute atomic E-state index is 0.0539. The molecule has 2 heterocycles. The molecular weight excluding hydrogens is 299 g/mol. The molecule has 1 aliphatic rings. The third-order valence-electron chi connectivity index (χ3n) is 4.09. The van der Waals surface area contributed by atoms with Crippen molar-refractivity contribution in [2.45, 2.75) is 32.0 Å². The van der Waals surface area contributed by atoms with Crippen molar-refractivity contribution in [3.8, 4) is 6.07 Å². The van der Waals surface area contributed by atoms with Gasteiger partial charge >= 0.3 is 0 Å². The first-order chi connectivity index (χ1) is 11.1. The van der Waals surface area contributed by atoms with E-state index in [1.807, 2.05) is 6.07 Å². The second-order valence-electron chi connectivity index (χ2n) is 5.63. The van der Waals surface area contributed by atoms with Crippen LogP contribution in [-0.2, 0) is 11.3 Å². The van der Waals surface area contributed by atoms with E-state index in [9.17, 15) is 9.65 Å². The van der Waals surface area contributed by atoms with E-state index < -0.39 is 5.82 Å². The quantitative estimate of drug-likeness (QED) is 0.862. The highest BCUT2D eigenvalue weighted by Crippen LogP contribution is 2.34. The van der Waals surface area contributed by atoms with E-state index in [0.29, 0.717) is 30.4 Å². The summed E-state index contributed by atoms with van der Waals surface area (Å²) in [6.07, 6.45) is 0.791. The maximum Gasteiger partial charge on any atom is 0.244 e. The van der Waals surface area contributed by atoms with Gasteiger partial charge in [0, 0.05) is 20.2 Å². The summed E-state index contributed by atoms with van der Waals surface area (Å²) >= 11 is 0. The standard InChI is InChI=1S/C16H17FN4O2/c1-10-19-16(23-20-10)15-6-14(22-2)9-21(15)8-11-3-4-13(17)5-12(11)7-18/h3-5,14-15H,6,8-9H2,1-2H3/t14-,15-/m1/s1. The largest absolute Gasteiger partial charge is 0.380 e. The molecule has 1 aromatic heterocycles. The predicted octanol–water partition coefficient (Wildman–Crippen LogP) is 2.35. The van der Waals surface area contributed by atoms with Crippen molar-refractivity contribution in [2.75, 3.05) is 13.7 Å². The number of likely N-dealkylation sites (tertiary alicyclic amines) is 1. The molecule has 1 saturated heterocycles. The molecule has 0 N–H and O–H groups in total. The minimum atomic E-state index is -0.412. The molecule has 1 fully saturated rings. The van der Waals surface area contributed by atoms with Gasteiger partial charge in [-0.2, -0.15) is 10.2 Å². The van der Waals surface area contributed by atoms with Crippen LogP contribution in [0.5, 0.6) is 0 Å². The first kappa shape index (κ1) is 15.6. The molecule has 0 saturated carbocycles. The minimum Gasteiger partial charge on any atom is -0.380 e. The summed E-state index contributed by atoms with van der Waals surface area (Å²) in [4.78, 5) is 6.43. The third-order valence-corrected chi connectivity index (χ3v) is 4.09. The third kappa shape index (κ3) is 3.23. The first-order valence-electron chi connectivity index (χ1n) is 7.36. The number of hydrogen-bond donors (Lipinski definition) is 0. The van der Waals surface area contributed by atoms with Crippen LogP contribution in [0.25, 0.3) is 0 Å². The lowest BCUT2D eigenvalue weighted by Gasteiger charge is -2.21. The fourth-order valence-corrected chi connectivity index (χ4v) is 2.92. The summed E-state index contributed by atoms with van der Waals surface area (Å²) < 4.78 is 24.0. The van der Waals surface area contributed by atoms with Crippen LogP contribution in [0.15, 0.2) is 22.7 Å². The molecule has 0 spiro atoms. The van der Waals surface area contributed by atoms with E-state index >= 15 is 0 Å². The Labute approximate surface area is 133 Å². The maximum atomic E-state index is 13.3. The molecule has 0 aliphatic carbocycles. The molecule has 7 heteroatoms. The van der Waals surface area contributed by atoms with Crippen LogP contribution >= 0.6 is 0 Å². The number of halogens is 1. The Hall–Kier alpha value is -2.30. The Balaban J connectivity index is 1.86. The molecule has 3 rings (SSSR count).